The molecule has 0 amide bonds. The Morgan fingerprint density at radius 3 is 3.08 bits per heavy atom. The van der Waals surface area contributed by atoms with Crippen LogP contribution in [-0.4, -0.2) is 13.1 Å². The predicted octanol–water partition coefficient (Wildman–Crippen LogP) is 2.54. The van der Waals surface area contributed by atoms with E-state index in [2.05, 4.69) is 29.8 Å². The van der Waals surface area contributed by atoms with E-state index in [0.717, 1.165) is 18.4 Å². The Bertz CT molecular complexity index is 243. The van der Waals surface area contributed by atoms with Crippen molar-refractivity contribution in [1.82, 2.24) is 5.32 Å². The minimum absolute atomic E-state index is 0.975. The van der Waals surface area contributed by atoms with Crippen LogP contribution in [0.25, 0.3) is 0 Å². The lowest BCUT2D eigenvalue weighted by atomic mass is 10.3. The van der Waals surface area contributed by atoms with Gasteiger partial charge < -0.3 is 5.32 Å². The number of hydrogen-bond acceptors (Lipinski definition) is 2. The molecule has 13 heavy (non-hydrogen) atoms. The van der Waals surface area contributed by atoms with Crippen LogP contribution >= 0.6 is 11.3 Å². The molecule has 72 valence electrons. The van der Waals surface area contributed by atoms with Gasteiger partial charge >= 0.3 is 0 Å². The Hall–Kier alpha value is -0.340. The van der Waals surface area contributed by atoms with E-state index in [4.69, 9.17) is 0 Å². The van der Waals surface area contributed by atoms with Gasteiger partial charge in [0.05, 0.1) is 0 Å². The number of nitrogens with one attached hydrogen (secondary N) is 1. The van der Waals surface area contributed by atoms with E-state index in [1.165, 1.54) is 24.3 Å². The molecule has 2 unspecified atom stereocenters. The molecule has 0 spiro atoms. The van der Waals surface area contributed by atoms with Gasteiger partial charge in [0.1, 0.15) is 0 Å². The van der Waals surface area contributed by atoms with E-state index in [9.17, 15) is 0 Å². The van der Waals surface area contributed by atoms with Crippen LogP contribution in [-0.2, 0) is 6.42 Å². The van der Waals surface area contributed by atoms with Gasteiger partial charge in [-0.25, -0.2) is 0 Å². The summed E-state index contributed by atoms with van der Waals surface area (Å²) in [5.74, 6) is 1.96. The van der Waals surface area contributed by atoms with Crippen molar-refractivity contribution in [1.29, 1.82) is 0 Å². The molecule has 1 N–H and O–H groups in total. The summed E-state index contributed by atoms with van der Waals surface area (Å²) < 4.78 is 0. The average Bonchev–Trinajstić information content (AvgIpc) is 2.67. The first-order valence-corrected chi connectivity index (χ1v) is 5.97. The van der Waals surface area contributed by atoms with Gasteiger partial charge in [-0.1, -0.05) is 13.0 Å². The molecule has 0 saturated heterocycles. The molecule has 1 heterocycles. The summed E-state index contributed by atoms with van der Waals surface area (Å²) in [5.41, 5.74) is 0. The third kappa shape index (κ3) is 2.82. The minimum Gasteiger partial charge on any atom is -0.316 e. The summed E-state index contributed by atoms with van der Waals surface area (Å²) in [6, 6.07) is 4.34. The highest BCUT2D eigenvalue weighted by atomic mass is 32.1. The molecule has 0 aromatic carbocycles. The molecule has 1 fully saturated rings. The molecule has 0 radical (unpaired) electrons. The van der Waals surface area contributed by atoms with Crippen molar-refractivity contribution >= 4 is 11.3 Å². The lowest BCUT2D eigenvalue weighted by molar-refractivity contribution is 0.614. The Morgan fingerprint density at radius 2 is 2.46 bits per heavy atom. The van der Waals surface area contributed by atoms with Gasteiger partial charge in [-0.05, 0) is 49.2 Å². The molecule has 1 aromatic rings. The van der Waals surface area contributed by atoms with Gasteiger partial charge in [0.2, 0.25) is 0 Å². The molecule has 0 aliphatic heterocycles. The highest BCUT2D eigenvalue weighted by Crippen LogP contribution is 2.36. The van der Waals surface area contributed by atoms with E-state index in [1.807, 2.05) is 11.3 Å². The average molecular weight is 195 g/mol. The van der Waals surface area contributed by atoms with Crippen LogP contribution in [0.2, 0.25) is 0 Å². The Kier molecular flexibility index (Phi) is 3.01. The van der Waals surface area contributed by atoms with Crippen LogP contribution < -0.4 is 5.32 Å². The van der Waals surface area contributed by atoms with Crippen LogP contribution in [0.4, 0.5) is 0 Å². The summed E-state index contributed by atoms with van der Waals surface area (Å²) >= 11 is 1.86. The first kappa shape index (κ1) is 9.22. The predicted molar refractivity (Wildman–Crippen MR) is 58.2 cm³/mol. The molecule has 1 aliphatic carbocycles. The van der Waals surface area contributed by atoms with Crippen LogP contribution in [0.1, 0.15) is 18.2 Å². The Labute approximate surface area is 84.2 Å². The van der Waals surface area contributed by atoms with Crippen molar-refractivity contribution in [3.63, 3.8) is 0 Å². The smallest absolute Gasteiger partial charge is 0.00578 e. The zero-order chi connectivity index (χ0) is 9.10. The van der Waals surface area contributed by atoms with Gasteiger partial charge in [-0.3, -0.25) is 0 Å². The van der Waals surface area contributed by atoms with Gasteiger partial charge in [0, 0.05) is 4.88 Å². The SMILES string of the molecule is CC1CC1CNCCc1cccs1. The van der Waals surface area contributed by atoms with E-state index in [-0.39, 0.29) is 0 Å². The van der Waals surface area contributed by atoms with Crippen LogP contribution in [0.15, 0.2) is 17.5 Å². The second-order valence-electron chi connectivity index (χ2n) is 4.01. The Balaban J connectivity index is 1.54. The minimum atomic E-state index is 0.975. The highest BCUT2D eigenvalue weighted by molar-refractivity contribution is 7.09. The molecule has 1 saturated carbocycles. The normalized spacial score (nSPS) is 26.2. The van der Waals surface area contributed by atoms with Gasteiger partial charge in [0.15, 0.2) is 0 Å². The molecule has 2 rings (SSSR count). The van der Waals surface area contributed by atoms with Crippen LogP contribution in [0, 0.1) is 11.8 Å². The largest absolute Gasteiger partial charge is 0.316 e. The number of thiophene rings is 1. The monoisotopic (exact) mass is 195 g/mol. The summed E-state index contributed by atoms with van der Waals surface area (Å²) in [6.07, 6.45) is 2.63. The van der Waals surface area contributed by atoms with Gasteiger partial charge in [0.25, 0.3) is 0 Å². The maximum atomic E-state index is 3.52. The van der Waals surface area contributed by atoms with Crippen molar-refractivity contribution in [3.8, 4) is 0 Å². The molecule has 2 heteroatoms. The molecule has 1 nitrogen and oxygen atoms in total. The van der Waals surface area contributed by atoms with Gasteiger partial charge in [-0.2, -0.15) is 0 Å². The third-order valence-corrected chi connectivity index (χ3v) is 3.75. The van der Waals surface area contributed by atoms with E-state index >= 15 is 0 Å². The van der Waals surface area contributed by atoms with E-state index in [0.29, 0.717) is 0 Å². The molecular formula is C11H17NS. The van der Waals surface area contributed by atoms with Crippen LogP contribution in [0.5, 0.6) is 0 Å². The summed E-state index contributed by atoms with van der Waals surface area (Å²) in [6.45, 7) is 4.71. The Morgan fingerprint density at radius 1 is 1.62 bits per heavy atom. The fraction of sp³-hybridized carbons (Fsp3) is 0.636. The second kappa shape index (κ2) is 4.25. The first-order chi connectivity index (χ1) is 6.36. The zero-order valence-electron chi connectivity index (χ0n) is 8.12. The molecule has 1 aliphatic rings. The summed E-state index contributed by atoms with van der Waals surface area (Å²) in [7, 11) is 0. The van der Waals surface area contributed by atoms with Crippen molar-refractivity contribution in [2.45, 2.75) is 19.8 Å². The summed E-state index contributed by atoms with van der Waals surface area (Å²) in [4.78, 5) is 1.50. The van der Waals surface area contributed by atoms with Crippen LogP contribution in [0.3, 0.4) is 0 Å². The fourth-order valence-electron chi connectivity index (χ4n) is 1.64. The van der Waals surface area contributed by atoms with E-state index in [1.54, 1.807) is 0 Å². The quantitative estimate of drug-likeness (QED) is 0.712. The van der Waals surface area contributed by atoms with Gasteiger partial charge in [-0.15, -0.1) is 11.3 Å². The van der Waals surface area contributed by atoms with Crippen molar-refractivity contribution in [2.24, 2.45) is 11.8 Å². The topological polar surface area (TPSA) is 12.0 Å². The molecule has 0 bridgehead atoms. The maximum absolute atomic E-state index is 3.52. The van der Waals surface area contributed by atoms with Crippen molar-refractivity contribution in [2.75, 3.05) is 13.1 Å². The molecular weight excluding hydrogens is 178 g/mol. The number of hydrogen-bond donors (Lipinski definition) is 1. The standard InChI is InChI=1S/C11H17NS/c1-9-7-10(9)8-12-5-4-11-3-2-6-13-11/h2-3,6,9-10,12H,4-5,7-8H2,1H3. The summed E-state index contributed by atoms with van der Waals surface area (Å²) in [5, 5.41) is 5.67. The third-order valence-electron chi connectivity index (χ3n) is 2.81. The fourth-order valence-corrected chi connectivity index (χ4v) is 2.35. The van der Waals surface area contributed by atoms with E-state index < -0.39 is 0 Å². The maximum Gasteiger partial charge on any atom is 0.00578 e. The lowest BCUT2D eigenvalue weighted by Gasteiger charge is -2.01. The number of rotatable bonds is 5. The first-order valence-electron chi connectivity index (χ1n) is 5.09. The van der Waals surface area contributed by atoms with Crippen molar-refractivity contribution < 1.29 is 0 Å². The highest BCUT2D eigenvalue weighted by Gasteiger charge is 2.31. The second-order valence-corrected chi connectivity index (χ2v) is 5.04. The lowest BCUT2D eigenvalue weighted by Crippen LogP contribution is -2.19. The zero-order valence-corrected chi connectivity index (χ0v) is 8.94. The molecule has 2 atom stereocenters. The van der Waals surface area contributed by atoms with Crippen molar-refractivity contribution in [3.05, 3.63) is 22.4 Å². The molecule has 1 aromatic heterocycles.